The van der Waals surface area contributed by atoms with Crippen LogP contribution in [0.1, 0.15) is 54.6 Å². The minimum absolute atomic E-state index is 0.906. The molecule has 1 fully saturated rings. The number of aryl methyl sites for hydroxylation is 3. The summed E-state index contributed by atoms with van der Waals surface area (Å²) in [4.78, 5) is 13.6. The topological polar surface area (TPSA) is 40.5 Å². The molecule has 0 radical (unpaired) electrons. The summed E-state index contributed by atoms with van der Waals surface area (Å²) in [5, 5.41) is 4.75. The van der Waals surface area contributed by atoms with Crippen molar-refractivity contribution in [2.24, 2.45) is 4.99 Å². The third-order valence-electron chi connectivity index (χ3n) is 4.44. The molecule has 0 aromatic carbocycles. The Kier molecular flexibility index (Phi) is 5.70. The number of hydrogen-bond acceptors (Lipinski definition) is 3. The Labute approximate surface area is 138 Å². The summed E-state index contributed by atoms with van der Waals surface area (Å²) in [7, 11) is 0. The fraction of sp³-hybridized carbons (Fsp3) is 0.765. The van der Waals surface area contributed by atoms with Crippen LogP contribution in [0.5, 0.6) is 0 Å². The number of nitrogens with one attached hydrogen (secondary N) is 1. The predicted molar refractivity (Wildman–Crippen MR) is 93.9 cm³/mol. The van der Waals surface area contributed by atoms with Gasteiger partial charge in [-0.25, -0.2) is 4.98 Å². The molecule has 1 aromatic heterocycles. The number of likely N-dealkylation sites (tertiary alicyclic amines) is 1. The zero-order valence-corrected chi connectivity index (χ0v) is 14.6. The number of rotatable bonds is 5. The van der Waals surface area contributed by atoms with E-state index in [1.165, 1.54) is 49.2 Å². The van der Waals surface area contributed by atoms with E-state index in [0.717, 1.165) is 45.0 Å². The summed E-state index contributed by atoms with van der Waals surface area (Å²) in [6, 6.07) is 0. The Balaban J connectivity index is 1.48. The molecule has 2 aliphatic rings. The molecule has 22 heavy (non-hydrogen) atoms. The highest BCUT2D eigenvalue weighted by molar-refractivity contribution is 7.11. The van der Waals surface area contributed by atoms with Gasteiger partial charge in [0.05, 0.1) is 10.7 Å². The van der Waals surface area contributed by atoms with E-state index in [2.05, 4.69) is 17.1 Å². The van der Waals surface area contributed by atoms with Crippen LogP contribution in [-0.2, 0) is 19.3 Å². The van der Waals surface area contributed by atoms with E-state index in [-0.39, 0.29) is 0 Å². The SMILES string of the molecule is CCNC(=NCCCc1nc2c(s1)CCCC2)N1CCCC1. The van der Waals surface area contributed by atoms with E-state index in [0.29, 0.717) is 0 Å². The first kappa shape index (κ1) is 15.8. The molecule has 1 aliphatic carbocycles. The Morgan fingerprint density at radius 3 is 2.82 bits per heavy atom. The quantitative estimate of drug-likeness (QED) is 0.515. The zero-order valence-electron chi connectivity index (χ0n) is 13.7. The number of guanidine groups is 1. The molecule has 4 nitrogen and oxygen atoms in total. The Morgan fingerprint density at radius 2 is 2.05 bits per heavy atom. The highest BCUT2D eigenvalue weighted by Crippen LogP contribution is 2.27. The Hall–Kier alpha value is -1.10. The third-order valence-corrected chi connectivity index (χ3v) is 5.66. The average Bonchev–Trinajstić information content (AvgIpc) is 3.19. The maximum Gasteiger partial charge on any atom is 0.193 e. The van der Waals surface area contributed by atoms with E-state index in [9.17, 15) is 0 Å². The van der Waals surface area contributed by atoms with E-state index < -0.39 is 0 Å². The third kappa shape index (κ3) is 4.00. The van der Waals surface area contributed by atoms with Gasteiger partial charge in [-0.3, -0.25) is 4.99 Å². The van der Waals surface area contributed by atoms with Crippen LogP contribution in [0.25, 0.3) is 0 Å². The van der Waals surface area contributed by atoms with E-state index in [1.807, 2.05) is 11.3 Å². The number of hydrogen-bond donors (Lipinski definition) is 1. The molecular weight excluding hydrogens is 292 g/mol. The molecule has 0 unspecified atom stereocenters. The fourth-order valence-corrected chi connectivity index (χ4v) is 4.48. The number of aromatic nitrogens is 1. The highest BCUT2D eigenvalue weighted by Gasteiger charge is 2.16. The standard InChI is InChI=1S/C17H28N4S/c1-2-18-17(21-12-5-6-13-21)19-11-7-10-16-20-14-8-3-4-9-15(14)22-16/h2-13H2,1H3,(H,18,19). The van der Waals surface area contributed by atoms with Gasteiger partial charge in [0.15, 0.2) is 5.96 Å². The van der Waals surface area contributed by atoms with Gasteiger partial charge in [0.2, 0.25) is 0 Å². The molecule has 0 spiro atoms. The van der Waals surface area contributed by atoms with Crippen molar-refractivity contribution in [3.8, 4) is 0 Å². The van der Waals surface area contributed by atoms with Crippen LogP contribution in [0.15, 0.2) is 4.99 Å². The molecule has 1 aliphatic heterocycles. The lowest BCUT2D eigenvalue weighted by Crippen LogP contribution is -2.39. The van der Waals surface area contributed by atoms with Gasteiger partial charge in [-0.15, -0.1) is 11.3 Å². The zero-order chi connectivity index (χ0) is 15.2. The molecule has 3 rings (SSSR count). The lowest BCUT2D eigenvalue weighted by Gasteiger charge is -2.20. The lowest BCUT2D eigenvalue weighted by molar-refractivity contribution is 0.493. The van der Waals surface area contributed by atoms with Crippen molar-refractivity contribution in [1.82, 2.24) is 15.2 Å². The molecule has 1 aromatic rings. The predicted octanol–water partition coefficient (Wildman–Crippen LogP) is 3.02. The van der Waals surface area contributed by atoms with E-state index in [1.54, 1.807) is 4.88 Å². The van der Waals surface area contributed by atoms with Gasteiger partial charge in [0, 0.05) is 37.5 Å². The number of fused-ring (bicyclic) bond motifs is 1. The van der Waals surface area contributed by atoms with E-state index in [4.69, 9.17) is 9.98 Å². The molecule has 1 N–H and O–H groups in total. The van der Waals surface area contributed by atoms with Crippen molar-refractivity contribution in [3.63, 3.8) is 0 Å². The first-order chi connectivity index (χ1) is 10.9. The van der Waals surface area contributed by atoms with Gasteiger partial charge in [0.1, 0.15) is 0 Å². The second kappa shape index (κ2) is 7.95. The summed E-state index contributed by atoms with van der Waals surface area (Å²) in [6.45, 7) is 6.32. The molecular formula is C17H28N4S. The molecule has 0 amide bonds. The molecule has 122 valence electrons. The number of nitrogens with zero attached hydrogens (tertiary/aromatic N) is 3. The van der Waals surface area contributed by atoms with Gasteiger partial charge in [-0.05, 0) is 51.9 Å². The molecule has 1 saturated heterocycles. The first-order valence-electron chi connectivity index (χ1n) is 8.87. The second-order valence-electron chi connectivity index (χ2n) is 6.22. The number of aliphatic imine (C=N–C) groups is 1. The minimum atomic E-state index is 0.906. The van der Waals surface area contributed by atoms with Crippen LogP contribution in [-0.4, -0.2) is 42.0 Å². The monoisotopic (exact) mass is 320 g/mol. The molecule has 0 atom stereocenters. The van der Waals surface area contributed by atoms with Crippen LogP contribution < -0.4 is 5.32 Å². The summed E-state index contributed by atoms with van der Waals surface area (Å²) >= 11 is 1.94. The summed E-state index contributed by atoms with van der Waals surface area (Å²) < 4.78 is 0. The molecule has 0 saturated carbocycles. The van der Waals surface area contributed by atoms with Gasteiger partial charge in [-0.1, -0.05) is 0 Å². The fourth-order valence-electron chi connectivity index (χ4n) is 3.28. The largest absolute Gasteiger partial charge is 0.357 e. The first-order valence-corrected chi connectivity index (χ1v) is 9.69. The average molecular weight is 321 g/mol. The van der Waals surface area contributed by atoms with Crippen molar-refractivity contribution in [2.45, 2.75) is 58.3 Å². The Bertz CT molecular complexity index is 479. The van der Waals surface area contributed by atoms with Crippen molar-refractivity contribution < 1.29 is 0 Å². The van der Waals surface area contributed by atoms with Crippen LogP contribution in [0, 0.1) is 0 Å². The molecule has 0 bridgehead atoms. The second-order valence-corrected chi connectivity index (χ2v) is 7.39. The number of thiazole rings is 1. The Morgan fingerprint density at radius 1 is 1.23 bits per heavy atom. The van der Waals surface area contributed by atoms with Crippen LogP contribution in [0.4, 0.5) is 0 Å². The van der Waals surface area contributed by atoms with Crippen molar-refractivity contribution >= 4 is 17.3 Å². The van der Waals surface area contributed by atoms with Gasteiger partial charge >= 0.3 is 0 Å². The van der Waals surface area contributed by atoms with Crippen LogP contribution >= 0.6 is 11.3 Å². The normalized spacial score (nSPS) is 18.6. The maximum absolute atomic E-state index is 4.83. The van der Waals surface area contributed by atoms with Gasteiger partial charge in [-0.2, -0.15) is 0 Å². The lowest BCUT2D eigenvalue weighted by atomic mass is 10.0. The van der Waals surface area contributed by atoms with Gasteiger partial charge in [0.25, 0.3) is 0 Å². The van der Waals surface area contributed by atoms with Crippen molar-refractivity contribution in [1.29, 1.82) is 0 Å². The summed E-state index contributed by atoms with van der Waals surface area (Å²) in [5.74, 6) is 1.11. The smallest absolute Gasteiger partial charge is 0.193 e. The van der Waals surface area contributed by atoms with Crippen molar-refractivity contribution in [2.75, 3.05) is 26.2 Å². The maximum atomic E-state index is 4.83. The highest BCUT2D eigenvalue weighted by atomic mass is 32.1. The minimum Gasteiger partial charge on any atom is -0.357 e. The van der Waals surface area contributed by atoms with Crippen LogP contribution in [0.3, 0.4) is 0 Å². The molecule has 2 heterocycles. The summed E-state index contributed by atoms with van der Waals surface area (Å²) in [5.41, 5.74) is 1.39. The van der Waals surface area contributed by atoms with Crippen LogP contribution in [0.2, 0.25) is 0 Å². The van der Waals surface area contributed by atoms with E-state index >= 15 is 0 Å². The molecule has 5 heteroatoms. The van der Waals surface area contributed by atoms with Crippen molar-refractivity contribution in [3.05, 3.63) is 15.6 Å². The van der Waals surface area contributed by atoms with Gasteiger partial charge < -0.3 is 10.2 Å². The summed E-state index contributed by atoms with van der Waals surface area (Å²) in [6.07, 6.45) is 9.91.